The van der Waals surface area contributed by atoms with Gasteiger partial charge >= 0.3 is 5.97 Å². The Bertz CT molecular complexity index is 225. The third-order valence-corrected chi connectivity index (χ3v) is 3.32. The van der Waals surface area contributed by atoms with E-state index in [0.717, 1.165) is 19.6 Å². The van der Waals surface area contributed by atoms with Crippen LogP contribution in [0.25, 0.3) is 0 Å². The standard InChI is InChI=1S/C15H28O2.C4H10O/c1-3-5-6-7-8-9-10-11-12-13-14-17-15(16)4-2;1-3-5-4-2/h4H,2-3,5-14H2,1H3;3-4H2,1-2H3. The number of carbonyl (C=O) groups excluding carboxylic acids is 1. The summed E-state index contributed by atoms with van der Waals surface area (Å²) in [7, 11) is 0. The van der Waals surface area contributed by atoms with Crippen LogP contribution in [-0.4, -0.2) is 25.8 Å². The van der Waals surface area contributed by atoms with Crippen LogP contribution >= 0.6 is 0 Å². The molecule has 132 valence electrons. The summed E-state index contributed by atoms with van der Waals surface area (Å²) in [6, 6.07) is 0. The minimum atomic E-state index is -0.305. The van der Waals surface area contributed by atoms with E-state index >= 15 is 0 Å². The van der Waals surface area contributed by atoms with Crippen LogP contribution in [0.4, 0.5) is 0 Å². The fraction of sp³-hybridized carbons (Fsp3) is 0.842. The maximum atomic E-state index is 10.7. The molecule has 0 atom stereocenters. The zero-order chi connectivity index (χ0) is 16.9. The molecule has 0 aromatic rings. The zero-order valence-corrected chi connectivity index (χ0v) is 15.2. The first-order valence-corrected chi connectivity index (χ1v) is 9.09. The maximum Gasteiger partial charge on any atom is 0.330 e. The number of carbonyl (C=O) groups is 1. The Balaban J connectivity index is 0. The van der Waals surface area contributed by atoms with E-state index in [-0.39, 0.29) is 5.97 Å². The molecule has 0 rings (SSSR count). The first kappa shape index (κ1) is 23.4. The van der Waals surface area contributed by atoms with Gasteiger partial charge < -0.3 is 9.47 Å². The van der Waals surface area contributed by atoms with Gasteiger partial charge in [-0.1, -0.05) is 71.3 Å². The van der Waals surface area contributed by atoms with Crippen molar-refractivity contribution in [3.63, 3.8) is 0 Å². The molecule has 0 heterocycles. The highest BCUT2D eigenvalue weighted by Gasteiger charge is 1.95. The SMILES string of the molecule is C=CC(=O)OCCCCCCCCCCCC.CCOCC. The van der Waals surface area contributed by atoms with Gasteiger partial charge in [0.15, 0.2) is 0 Å². The smallest absolute Gasteiger partial charge is 0.330 e. The Morgan fingerprint density at radius 2 is 1.27 bits per heavy atom. The van der Waals surface area contributed by atoms with Gasteiger partial charge in [0.05, 0.1) is 6.61 Å². The van der Waals surface area contributed by atoms with Crippen LogP contribution in [0.3, 0.4) is 0 Å². The summed E-state index contributed by atoms with van der Waals surface area (Å²) in [6.45, 7) is 11.8. The van der Waals surface area contributed by atoms with Crippen molar-refractivity contribution in [2.24, 2.45) is 0 Å². The molecule has 0 saturated heterocycles. The Hall–Kier alpha value is -0.830. The number of unbranched alkanes of at least 4 members (excludes halogenated alkanes) is 9. The molecular weight excluding hydrogens is 276 g/mol. The van der Waals surface area contributed by atoms with Gasteiger partial charge in [0.1, 0.15) is 0 Å². The van der Waals surface area contributed by atoms with Crippen molar-refractivity contribution in [3.8, 4) is 0 Å². The van der Waals surface area contributed by atoms with E-state index in [1.165, 1.54) is 63.9 Å². The molecule has 0 aliphatic carbocycles. The highest BCUT2D eigenvalue weighted by molar-refractivity contribution is 5.81. The van der Waals surface area contributed by atoms with Gasteiger partial charge in [-0.05, 0) is 20.3 Å². The Labute approximate surface area is 138 Å². The van der Waals surface area contributed by atoms with Crippen molar-refractivity contribution in [1.29, 1.82) is 0 Å². The van der Waals surface area contributed by atoms with Crippen LogP contribution in [0.5, 0.6) is 0 Å². The lowest BCUT2D eigenvalue weighted by Crippen LogP contribution is -2.01. The fourth-order valence-corrected chi connectivity index (χ4v) is 2.03. The molecule has 0 bridgehead atoms. The lowest BCUT2D eigenvalue weighted by atomic mass is 10.1. The Morgan fingerprint density at radius 3 is 1.64 bits per heavy atom. The molecule has 0 N–H and O–H groups in total. The minimum absolute atomic E-state index is 0.305. The van der Waals surface area contributed by atoms with Gasteiger partial charge in [-0.15, -0.1) is 0 Å². The van der Waals surface area contributed by atoms with Gasteiger partial charge in [0.25, 0.3) is 0 Å². The number of hydrogen-bond donors (Lipinski definition) is 0. The monoisotopic (exact) mass is 314 g/mol. The van der Waals surface area contributed by atoms with Crippen molar-refractivity contribution < 1.29 is 14.3 Å². The predicted molar refractivity (Wildman–Crippen MR) is 95.2 cm³/mol. The molecule has 3 heteroatoms. The second-order valence-corrected chi connectivity index (χ2v) is 5.34. The summed E-state index contributed by atoms with van der Waals surface area (Å²) in [4.78, 5) is 10.7. The van der Waals surface area contributed by atoms with Crippen LogP contribution < -0.4 is 0 Å². The van der Waals surface area contributed by atoms with Crippen molar-refractivity contribution in [2.45, 2.75) is 85.0 Å². The van der Waals surface area contributed by atoms with Crippen LogP contribution in [0, 0.1) is 0 Å². The third-order valence-electron chi connectivity index (χ3n) is 3.32. The minimum Gasteiger partial charge on any atom is -0.463 e. The molecule has 0 fully saturated rings. The zero-order valence-electron chi connectivity index (χ0n) is 15.2. The quantitative estimate of drug-likeness (QED) is 0.235. The second-order valence-electron chi connectivity index (χ2n) is 5.34. The third kappa shape index (κ3) is 24.2. The number of rotatable bonds is 14. The summed E-state index contributed by atoms with van der Waals surface area (Å²) < 4.78 is 9.74. The summed E-state index contributed by atoms with van der Waals surface area (Å²) in [5.74, 6) is -0.305. The number of ether oxygens (including phenoxy) is 2. The van der Waals surface area contributed by atoms with Gasteiger partial charge in [-0.3, -0.25) is 0 Å². The predicted octanol–water partition coefficient (Wildman–Crippen LogP) is 5.68. The lowest BCUT2D eigenvalue weighted by molar-refractivity contribution is -0.137. The molecule has 0 aromatic carbocycles. The topological polar surface area (TPSA) is 35.5 Å². The Morgan fingerprint density at radius 1 is 0.818 bits per heavy atom. The first-order chi connectivity index (χ1) is 10.7. The van der Waals surface area contributed by atoms with Crippen molar-refractivity contribution in [3.05, 3.63) is 12.7 Å². The number of esters is 1. The molecule has 0 amide bonds. The average molecular weight is 315 g/mol. The van der Waals surface area contributed by atoms with Crippen molar-refractivity contribution in [2.75, 3.05) is 19.8 Å². The van der Waals surface area contributed by atoms with E-state index in [9.17, 15) is 4.79 Å². The van der Waals surface area contributed by atoms with Crippen LogP contribution in [0.2, 0.25) is 0 Å². The summed E-state index contributed by atoms with van der Waals surface area (Å²) in [5, 5.41) is 0. The van der Waals surface area contributed by atoms with E-state index in [1.807, 2.05) is 13.8 Å². The highest BCUT2D eigenvalue weighted by atomic mass is 16.5. The van der Waals surface area contributed by atoms with Crippen molar-refractivity contribution in [1.82, 2.24) is 0 Å². The Kier molecular flexibility index (Phi) is 23.9. The molecule has 0 aliphatic heterocycles. The molecule has 0 saturated carbocycles. The highest BCUT2D eigenvalue weighted by Crippen LogP contribution is 2.10. The van der Waals surface area contributed by atoms with Gasteiger partial charge in [0, 0.05) is 19.3 Å². The summed E-state index contributed by atoms with van der Waals surface area (Å²) in [6.07, 6.45) is 14.2. The second kappa shape index (κ2) is 22.5. The average Bonchev–Trinajstić information content (AvgIpc) is 2.53. The van der Waals surface area contributed by atoms with E-state index in [2.05, 4.69) is 13.5 Å². The van der Waals surface area contributed by atoms with E-state index in [1.54, 1.807) is 0 Å². The van der Waals surface area contributed by atoms with Crippen molar-refractivity contribution >= 4 is 5.97 Å². The molecule has 22 heavy (non-hydrogen) atoms. The molecule has 0 radical (unpaired) electrons. The molecule has 0 aromatic heterocycles. The van der Waals surface area contributed by atoms with Crippen LogP contribution in [0.1, 0.15) is 85.0 Å². The van der Waals surface area contributed by atoms with E-state index in [0.29, 0.717) is 6.61 Å². The molecule has 0 unspecified atom stereocenters. The van der Waals surface area contributed by atoms with Crippen LogP contribution in [-0.2, 0) is 14.3 Å². The molecule has 0 aliphatic rings. The normalized spacial score (nSPS) is 9.77. The summed E-state index contributed by atoms with van der Waals surface area (Å²) in [5.41, 5.74) is 0. The van der Waals surface area contributed by atoms with Crippen LogP contribution in [0.15, 0.2) is 12.7 Å². The lowest BCUT2D eigenvalue weighted by Gasteiger charge is -2.03. The molecular formula is C19H38O3. The molecule has 0 spiro atoms. The maximum absolute atomic E-state index is 10.7. The van der Waals surface area contributed by atoms with E-state index in [4.69, 9.17) is 9.47 Å². The number of hydrogen-bond acceptors (Lipinski definition) is 3. The van der Waals surface area contributed by atoms with Gasteiger partial charge in [-0.25, -0.2) is 4.79 Å². The largest absolute Gasteiger partial charge is 0.463 e. The molecule has 3 nitrogen and oxygen atoms in total. The van der Waals surface area contributed by atoms with E-state index < -0.39 is 0 Å². The van der Waals surface area contributed by atoms with Gasteiger partial charge in [-0.2, -0.15) is 0 Å². The first-order valence-electron chi connectivity index (χ1n) is 9.09. The fourth-order valence-electron chi connectivity index (χ4n) is 2.03. The summed E-state index contributed by atoms with van der Waals surface area (Å²) >= 11 is 0. The van der Waals surface area contributed by atoms with Gasteiger partial charge in [0.2, 0.25) is 0 Å².